The molecule has 0 saturated heterocycles. The van der Waals surface area contributed by atoms with Gasteiger partial charge >= 0.3 is 0 Å². The summed E-state index contributed by atoms with van der Waals surface area (Å²) in [6.45, 7) is 13.1. The largest absolute Gasteiger partial charge is 0.384 e. The third kappa shape index (κ3) is 3.16. The van der Waals surface area contributed by atoms with E-state index < -0.39 is 0 Å². The van der Waals surface area contributed by atoms with E-state index in [1.807, 2.05) is 0 Å². The number of fused-ring (bicyclic) bond motifs is 1. The molecule has 1 aromatic carbocycles. The van der Waals surface area contributed by atoms with Crippen LogP contribution in [0.2, 0.25) is 0 Å². The topological polar surface area (TPSA) is 12.0 Å². The molecule has 0 fully saturated rings. The highest BCUT2D eigenvalue weighted by atomic mass is 14.9. The molecule has 1 nitrogen and oxygen atoms in total. The number of para-hydroxylation sites is 1. The molecule has 0 atom stereocenters. The molecule has 1 heterocycles. The summed E-state index contributed by atoms with van der Waals surface area (Å²) in [4.78, 5) is 0. The molecule has 0 unspecified atom stereocenters. The Balaban J connectivity index is 0.000000322. The Morgan fingerprint density at radius 3 is 2.23 bits per heavy atom. The molecule has 2 rings (SSSR count). The van der Waals surface area contributed by atoms with Gasteiger partial charge in [-0.25, -0.2) is 0 Å². The van der Waals surface area contributed by atoms with E-state index >= 15 is 0 Å². The summed E-state index contributed by atoms with van der Waals surface area (Å²) in [6.07, 6.45) is 1.19. The lowest BCUT2D eigenvalue weighted by molar-refractivity contribution is 1.11. The predicted molar refractivity (Wildman–Crippen MR) is 61.1 cm³/mol. The van der Waals surface area contributed by atoms with Crippen LogP contribution in [0, 0.1) is 0 Å². The zero-order valence-corrected chi connectivity index (χ0v) is 8.05. The fourth-order valence-electron chi connectivity index (χ4n) is 1.24. The van der Waals surface area contributed by atoms with Crippen LogP contribution in [0.3, 0.4) is 0 Å². The third-order valence-electron chi connectivity index (χ3n) is 1.73. The molecule has 0 radical (unpaired) electrons. The van der Waals surface area contributed by atoms with E-state index in [0.29, 0.717) is 0 Å². The van der Waals surface area contributed by atoms with Gasteiger partial charge in [-0.15, -0.1) is 26.3 Å². The second kappa shape index (κ2) is 7.17. The van der Waals surface area contributed by atoms with Crippen LogP contribution in [0.25, 0.3) is 0 Å². The molecule has 1 heteroatoms. The zero-order valence-electron chi connectivity index (χ0n) is 8.05. The molecule has 0 amide bonds. The molecule has 0 aliphatic carbocycles. The van der Waals surface area contributed by atoms with Gasteiger partial charge in [0.2, 0.25) is 0 Å². The van der Waals surface area contributed by atoms with Gasteiger partial charge in [0.25, 0.3) is 0 Å². The monoisotopic (exact) mass is 175 g/mol. The van der Waals surface area contributed by atoms with E-state index in [2.05, 4.69) is 55.9 Å². The van der Waals surface area contributed by atoms with Crippen LogP contribution in [0.4, 0.5) is 5.69 Å². The fraction of sp³-hybridized carbons (Fsp3) is 0.167. The number of hydrogen-bond donors (Lipinski definition) is 1. The highest BCUT2D eigenvalue weighted by molar-refractivity contribution is 5.54. The molecule has 1 aliphatic rings. The van der Waals surface area contributed by atoms with E-state index in [9.17, 15) is 0 Å². The van der Waals surface area contributed by atoms with Gasteiger partial charge in [0, 0.05) is 12.2 Å². The van der Waals surface area contributed by atoms with E-state index in [-0.39, 0.29) is 0 Å². The number of anilines is 1. The average molecular weight is 175 g/mol. The standard InChI is InChI=1S/C8H9N.2C2H4/c1-2-4-8-7(3-1)5-6-9-8;2*1-2/h1-4,9H,5-6H2;2*1-2H2. The highest BCUT2D eigenvalue weighted by Gasteiger charge is 2.05. The summed E-state index contributed by atoms with van der Waals surface area (Å²) in [5, 5.41) is 3.30. The lowest BCUT2D eigenvalue weighted by atomic mass is 10.2. The zero-order chi connectivity index (χ0) is 10.1. The molecule has 0 spiro atoms. The Bertz CT molecular complexity index is 218. The first-order valence-electron chi connectivity index (χ1n) is 4.28. The van der Waals surface area contributed by atoms with Crippen LogP contribution in [0.1, 0.15) is 5.56 Å². The van der Waals surface area contributed by atoms with E-state index in [1.54, 1.807) is 0 Å². The molecule has 1 aromatic rings. The van der Waals surface area contributed by atoms with Crippen molar-refractivity contribution >= 4 is 5.69 Å². The Hall–Kier alpha value is -1.50. The normalized spacial score (nSPS) is 10.8. The second-order valence-electron chi connectivity index (χ2n) is 2.33. The smallest absolute Gasteiger partial charge is 0.0373 e. The van der Waals surface area contributed by atoms with E-state index in [1.165, 1.54) is 17.7 Å². The fourth-order valence-corrected chi connectivity index (χ4v) is 1.24. The van der Waals surface area contributed by atoms with Crippen molar-refractivity contribution in [2.24, 2.45) is 0 Å². The molecule has 1 N–H and O–H groups in total. The van der Waals surface area contributed by atoms with Gasteiger partial charge in [-0.2, -0.15) is 0 Å². The van der Waals surface area contributed by atoms with Crippen molar-refractivity contribution in [1.29, 1.82) is 0 Å². The molecular formula is C12H17N. The first kappa shape index (κ1) is 11.5. The maximum Gasteiger partial charge on any atom is 0.0373 e. The van der Waals surface area contributed by atoms with Gasteiger partial charge < -0.3 is 5.32 Å². The van der Waals surface area contributed by atoms with E-state index in [0.717, 1.165) is 6.54 Å². The van der Waals surface area contributed by atoms with Gasteiger partial charge in [0.05, 0.1) is 0 Å². The van der Waals surface area contributed by atoms with Crippen molar-refractivity contribution in [2.75, 3.05) is 11.9 Å². The summed E-state index contributed by atoms with van der Waals surface area (Å²) in [7, 11) is 0. The Morgan fingerprint density at radius 1 is 1.00 bits per heavy atom. The minimum absolute atomic E-state index is 1.11. The molecule has 1 aliphatic heterocycles. The maximum absolute atomic E-state index is 3.30. The van der Waals surface area contributed by atoms with Crippen molar-refractivity contribution in [3.63, 3.8) is 0 Å². The van der Waals surface area contributed by atoms with Crippen LogP contribution < -0.4 is 5.32 Å². The van der Waals surface area contributed by atoms with Crippen molar-refractivity contribution in [1.82, 2.24) is 0 Å². The third-order valence-corrected chi connectivity index (χ3v) is 1.73. The van der Waals surface area contributed by atoms with Crippen molar-refractivity contribution in [3.8, 4) is 0 Å². The van der Waals surface area contributed by atoms with Gasteiger partial charge in [0.1, 0.15) is 0 Å². The minimum Gasteiger partial charge on any atom is -0.384 e. The van der Waals surface area contributed by atoms with Crippen LogP contribution in [0.15, 0.2) is 50.6 Å². The quantitative estimate of drug-likeness (QED) is 0.597. The van der Waals surface area contributed by atoms with Crippen molar-refractivity contribution < 1.29 is 0 Å². The van der Waals surface area contributed by atoms with Crippen LogP contribution in [-0.2, 0) is 6.42 Å². The lowest BCUT2D eigenvalue weighted by Gasteiger charge is -1.94. The SMILES string of the molecule is C=C.C=C.c1ccc2c(c1)CCN2. The van der Waals surface area contributed by atoms with Crippen LogP contribution in [0.5, 0.6) is 0 Å². The number of rotatable bonds is 0. The maximum atomic E-state index is 3.30. The first-order valence-corrected chi connectivity index (χ1v) is 4.28. The summed E-state index contributed by atoms with van der Waals surface area (Å²) < 4.78 is 0. The number of nitrogens with one attached hydrogen (secondary N) is 1. The number of benzene rings is 1. The lowest BCUT2D eigenvalue weighted by Crippen LogP contribution is -1.90. The minimum atomic E-state index is 1.11. The highest BCUT2D eigenvalue weighted by Crippen LogP contribution is 2.19. The van der Waals surface area contributed by atoms with Gasteiger partial charge in [-0.1, -0.05) is 18.2 Å². The number of hydrogen-bond acceptors (Lipinski definition) is 1. The molecule has 0 bridgehead atoms. The average Bonchev–Trinajstić information content (AvgIpc) is 2.71. The van der Waals surface area contributed by atoms with Gasteiger partial charge in [0.15, 0.2) is 0 Å². The van der Waals surface area contributed by atoms with E-state index in [4.69, 9.17) is 0 Å². The molecular weight excluding hydrogens is 158 g/mol. The van der Waals surface area contributed by atoms with Crippen molar-refractivity contribution in [3.05, 3.63) is 56.1 Å². The molecule has 70 valence electrons. The van der Waals surface area contributed by atoms with Crippen molar-refractivity contribution in [2.45, 2.75) is 6.42 Å². The summed E-state index contributed by atoms with van der Waals surface area (Å²) >= 11 is 0. The van der Waals surface area contributed by atoms with Gasteiger partial charge in [-0.05, 0) is 18.1 Å². The molecule has 13 heavy (non-hydrogen) atoms. The second-order valence-corrected chi connectivity index (χ2v) is 2.33. The van der Waals surface area contributed by atoms with Gasteiger partial charge in [-0.3, -0.25) is 0 Å². The molecule has 0 aromatic heterocycles. The molecule has 0 saturated carbocycles. The first-order chi connectivity index (χ1) is 6.47. The van der Waals surface area contributed by atoms with Crippen LogP contribution in [-0.4, -0.2) is 6.54 Å². The Morgan fingerprint density at radius 2 is 1.62 bits per heavy atom. The summed E-state index contributed by atoms with van der Waals surface area (Å²) in [5.74, 6) is 0. The Labute approximate surface area is 80.8 Å². The summed E-state index contributed by atoms with van der Waals surface area (Å²) in [5.41, 5.74) is 2.77. The van der Waals surface area contributed by atoms with Crippen LogP contribution >= 0.6 is 0 Å². The Kier molecular flexibility index (Phi) is 6.34. The summed E-state index contributed by atoms with van der Waals surface area (Å²) in [6, 6.07) is 8.46. The predicted octanol–water partition coefficient (Wildman–Crippen LogP) is 3.26.